The molecule has 0 saturated carbocycles. The molecule has 4 rings (SSSR count). The number of nitrogens with one attached hydrogen (secondary N) is 1. The maximum Gasteiger partial charge on any atom is 0.243 e. The van der Waals surface area contributed by atoms with Crippen LogP contribution < -0.4 is 0 Å². The molecule has 1 aliphatic heterocycles. The molecular weight excluding hydrogens is 410 g/mol. The molecule has 0 bridgehead atoms. The van der Waals surface area contributed by atoms with E-state index >= 15 is 0 Å². The first-order valence-corrected chi connectivity index (χ1v) is 11.3. The number of para-hydroxylation sites is 1. The number of aryl methyl sites for hydroxylation is 1. The van der Waals surface area contributed by atoms with Crippen LogP contribution in [0, 0.1) is 6.92 Å². The predicted octanol–water partition coefficient (Wildman–Crippen LogP) is 3.32. The molecule has 1 fully saturated rings. The normalized spacial score (nSPS) is 16.3. The number of H-pyrrole nitrogens is 1. The van der Waals surface area contributed by atoms with E-state index in [9.17, 15) is 13.2 Å². The molecule has 1 aliphatic rings. The maximum atomic E-state index is 12.9. The van der Waals surface area contributed by atoms with Gasteiger partial charge in [-0.25, -0.2) is 8.42 Å². The highest BCUT2D eigenvalue weighted by molar-refractivity contribution is 7.89. The number of rotatable bonds is 5. The second kappa shape index (κ2) is 7.91. The summed E-state index contributed by atoms with van der Waals surface area (Å²) in [6.45, 7) is 3.91. The van der Waals surface area contributed by atoms with E-state index in [2.05, 4.69) is 4.98 Å². The van der Waals surface area contributed by atoms with Gasteiger partial charge in [0, 0.05) is 53.4 Å². The lowest BCUT2D eigenvalue weighted by molar-refractivity contribution is 0.0903. The number of benzene rings is 2. The number of hydrogen-bond donors (Lipinski definition) is 1. The molecule has 6 nitrogen and oxygen atoms in total. The van der Waals surface area contributed by atoms with Crippen LogP contribution in [0.4, 0.5) is 0 Å². The number of aromatic amines is 1. The van der Waals surface area contributed by atoms with Crippen LogP contribution in [0.3, 0.4) is 0 Å². The zero-order chi connectivity index (χ0) is 20.6. The van der Waals surface area contributed by atoms with Gasteiger partial charge in [-0.1, -0.05) is 29.8 Å². The summed E-state index contributed by atoms with van der Waals surface area (Å²) in [5, 5.41) is 1.43. The van der Waals surface area contributed by atoms with Crippen molar-refractivity contribution in [2.75, 3.05) is 32.7 Å². The van der Waals surface area contributed by atoms with Crippen molar-refractivity contribution in [1.82, 2.24) is 14.2 Å². The lowest BCUT2D eigenvalue weighted by Gasteiger charge is -2.33. The summed E-state index contributed by atoms with van der Waals surface area (Å²) in [5.41, 5.74) is 2.53. The summed E-state index contributed by atoms with van der Waals surface area (Å²) in [5.74, 6) is 0.0500. The van der Waals surface area contributed by atoms with Gasteiger partial charge < -0.3 is 4.98 Å². The Balaban J connectivity index is 1.43. The van der Waals surface area contributed by atoms with Crippen molar-refractivity contribution in [3.8, 4) is 0 Å². The standard InChI is InChI=1S/C21H22ClN3O3S/c1-15-21(18-4-2-3-5-19(18)23-15)20(26)14-24-10-12-25(13-11-24)29(27,28)17-8-6-16(22)7-9-17/h2-9,23H,10-14H2,1H3. The molecule has 152 valence electrons. The Morgan fingerprint density at radius 3 is 2.38 bits per heavy atom. The summed E-state index contributed by atoms with van der Waals surface area (Å²) in [4.78, 5) is 18.4. The van der Waals surface area contributed by atoms with E-state index in [0.717, 1.165) is 22.2 Å². The van der Waals surface area contributed by atoms with E-state index in [1.54, 1.807) is 12.1 Å². The fourth-order valence-corrected chi connectivity index (χ4v) is 5.35. The minimum atomic E-state index is -3.55. The second-order valence-electron chi connectivity index (χ2n) is 7.23. The largest absolute Gasteiger partial charge is 0.358 e. The second-order valence-corrected chi connectivity index (χ2v) is 9.60. The third kappa shape index (κ3) is 3.96. The number of nitrogens with zero attached hydrogens (tertiary/aromatic N) is 2. The highest BCUT2D eigenvalue weighted by Crippen LogP contribution is 2.23. The molecular formula is C21H22ClN3O3S. The van der Waals surface area contributed by atoms with E-state index in [1.807, 2.05) is 36.1 Å². The number of halogens is 1. The molecule has 0 atom stereocenters. The van der Waals surface area contributed by atoms with Crippen LogP contribution in [0.2, 0.25) is 5.02 Å². The first-order chi connectivity index (χ1) is 13.9. The van der Waals surface area contributed by atoms with E-state index < -0.39 is 10.0 Å². The molecule has 8 heteroatoms. The van der Waals surface area contributed by atoms with Crippen molar-refractivity contribution in [3.63, 3.8) is 0 Å². The van der Waals surface area contributed by atoms with Gasteiger partial charge in [-0.3, -0.25) is 9.69 Å². The number of aromatic nitrogens is 1. The van der Waals surface area contributed by atoms with Gasteiger partial charge in [0.1, 0.15) is 0 Å². The molecule has 0 amide bonds. The average Bonchev–Trinajstić information content (AvgIpc) is 3.04. The first-order valence-electron chi connectivity index (χ1n) is 9.45. The molecule has 1 aromatic heterocycles. The molecule has 2 aromatic carbocycles. The Bertz CT molecular complexity index is 1150. The van der Waals surface area contributed by atoms with Crippen molar-refractivity contribution in [3.05, 3.63) is 64.8 Å². The Morgan fingerprint density at radius 2 is 1.69 bits per heavy atom. The summed E-state index contributed by atoms with van der Waals surface area (Å²) in [7, 11) is -3.55. The first kappa shape index (κ1) is 20.1. The highest BCUT2D eigenvalue weighted by atomic mass is 35.5. The third-order valence-electron chi connectivity index (χ3n) is 5.32. The molecule has 0 radical (unpaired) electrons. The van der Waals surface area contributed by atoms with Crippen molar-refractivity contribution < 1.29 is 13.2 Å². The smallest absolute Gasteiger partial charge is 0.243 e. The summed E-state index contributed by atoms with van der Waals surface area (Å²) in [6.07, 6.45) is 0. The van der Waals surface area contributed by atoms with Crippen LogP contribution >= 0.6 is 11.6 Å². The number of ketones is 1. The number of fused-ring (bicyclic) bond motifs is 1. The van der Waals surface area contributed by atoms with Crippen LogP contribution in [-0.2, 0) is 10.0 Å². The monoisotopic (exact) mass is 431 g/mol. The Kier molecular flexibility index (Phi) is 5.48. The number of hydrogen-bond acceptors (Lipinski definition) is 4. The highest BCUT2D eigenvalue weighted by Gasteiger charge is 2.29. The van der Waals surface area contributed by atoms with Crippen molar-refractivity contribution in [2.45, 2.75) is 11.8 Å². The SMILES string of the molecule is Cc1[nH]c2ccccc2c1C(=O)CN1CCN(S(=O)(=O)c2ccc(Cl)cc2)CC1. The van der Waals surface area contributed by atoms with E-state index in [-0.39, 0.29) is 17.2 Å². The van der Waals surface area contributed by atoms with Gasteiger partial charge in [-0.2, -0.15) is 4.31 Å². The molecule has 3 aromatic rings. The molecule has 1 N–H and O–H groups in total. The lowest BCUT2D eigenvalue weighted by atomic mass is 10.1. The van der Waals surface area contributed by atoms with Gasteiger partial charge in [-0.15, -0.1) is 0 Å². The van der Waals surface area contributed by atoms with Gasteiger partial charge in [0.15, 0.2) is 5.78 Å². The van der Waals surface area contributed by atoms with Crippen molar-refractivity contribution in [2.24, 2.45) is 0 Å². The van der Waals surface area contributed by atoms with E-state index in [0.29, 0.717) is 31.2 Å². The molecule has 0 spiro atoms. The quantitative estimate of drug-likeness (QED) is 0.629. The maximum absolute atomic E-state index is 12.9. The molecule has 2 heterocycles. The Morgan fingerprint density at radius 1 is 1.03 bits per heavy atom. The van der Waals surface area contributed by atoms with E-state index in [4.69, 9.17) is 11.6 Å². The third-order valence-corrected chi connectivity index (χ3v) is 7.49. The number of Topliss-reactive ketones (excluding diaryl/α,β-unsaturated/α-hetero) is 1. The number of carbonyl (C=O) groups excluding carboxylic acids is 1. The minimum absolute atomic E-state index is 0.0500. The molecule has 0 aliphatic carbocycles. The Labute approximate surface area is 175 Å². The summed E-state index contributed by atoms with van der Waals surface area (Å²) >= 11 is 5.86. The van der Waals surface area contributed by atoms with Gasteiger partial charge in [0.2, 0.25) is 10.0 Å². The average molecular weight is 432 g/mol. The van der Waals surface area contributed by atoms with Crippen LogP contribution in [0.15, 0.2) is 53.4 Å². The molecule has 1 saturated heterocycles. The molecule has 29 heavy (non-hydrogen) atoms. The lowest BCUT2D eigenvalue weighted by Crippen LogP contribution is -2.49. The zero-order valence-electron chi connectivity index (χ0n) is 16.1. The van der Waals surface area contributed by atoms with Gasteiger partial charge in [-0.05, 0) is 37.3 Å². The number of sulfonamides is 1. The van der Waals surface area contributed by atoms with Crippen LogP contribution in [0.5, 0.6) is 0 Å². The molecule has 0 unspecified atom stereocenters. The van der Waals surface area contributed by atoms with Crippen LogP contribution in [-0.4, -0.2) is 61.1 Å². The minimum Gasteiger partial charge on any atom is -0.358 e. The Hall–Kier alpha value is -2.19. The van der Waals surface area contributed by atoms with Crippen LogP contribution in [0.1, 0.15) is 16.1 Å². The number of piperazine rings is 1. The van der Waals surface area contributed by atoms with Crippen molar-refractivity contribution in [1.29, 1.82) is 0 Å². The fraction of sp³-hybridized carbons (Fsp3) is 0.286. The zero-order valence-corrected chi connectivity index (χ0v) is 17.6. The van der Waals surface area contributed by atoms with E-state index in [1.165, 1.54) is 16.4 Å². The van der Waals surface area contributed by atoms with Gasteiger partial charge >= 0.3 is 0 Å². The van der Waals surface area contributed by atoms with Crippen LogP contribution in [0.25, 0.3) is 10.9 Å². The van der Waals surface area contributed by atoms with Crippen molar-refractivity contribution >= 4 is 38.3 Å². The van der Waals surface area contributed by atoms with Gasteiger partial charge in [0.05, 0.1) is 11.4 Å². The topological polar surface area (TPSA) is 73.5 Å². The fourth-order valence-electron chi connectivity index (χ4n) is 3.80. The van der Waals surface area contributed by atoms with Gasteiger partial charge in [0.25, 0.3) is 0 Å². The number of carbonyl (C=O) groups is 1. The predicted molar refractivity (Wildman–Crippen MR) is 114 cm³/mol. The summed E-state index contributed by atoms with van der Waals surface area (Å²) in [6, 6.07) is 14.0. The summed E-state index contributed by atoms with van der Waals surface area (Å²) < 4.78 is 27.1.